The van der Waals surface area contributed by atoms with Crippen LogP contribution in [0.4, 0.5) is 5.82 Å². The lowest BCUT2D eigenvalue weighted by molar-refractivity contribution is 0.477. The van der Waals surface area contributed by atoms with Gasteiger partial charge in [-0.2, -0.15) is 4.31 Å². The first-order chi connectivity index (χ1) is 11.6. The molecule has 1 N–H and O–H groups in total. The fourth-order valence-electron chi connectivity index (χ4n) is 2.93. The summed E-state index contributed by atoms with van der Waals surface area (Å²) in [4.78, 5) is 4.53. The number of aromatic nitrogens is 1. The number of aryl methyl sites for hydroxylation is 1. The molecule has 0 unspecified atom stereocenters. The first-order valence-electron chi connectivity index (χ1n) is 8.32. The van der Waals surface area contributed by atoms with E-state index in [1.54, 1.807) is 12.1 Å². The van der Waals surface area contributed by atoms with Gasteiger partial charge in [0, 0.05) is 25.8 Å². The second-order valence-electron chi connectivity index (χ2n) is 6.09. The van der Waals surface area contributed by atoms with Crippen molar-refractivity contribution in [1.29, 1.82) is 0 Å². The lowest BCUT2D eigenvalue weighted by atomic mass is 10.1. The van der Waals surface area contributed by atoms with E-state index >= 15 is 0 Å². The average Bonchev–Trinajstić information content (AvgIpc) is 3.12. The van der Waals surface area contributed by atoms with Crippen LogP contribution in [0.2, 0.25) is 0 Å². The molecule has 3 rings (SSSR count). The maximum Gasteiger partial charge on any atom is 0.244 e. The summed E-state index contributed by atoms with van der Waals surface area (Å²) in [5.41, 5.74) is 2.58. The van der Waals surface area contributed by atoms with Gasteiger partial charge in [0.15, 0.2) is 0 Å². The van der Waals surface area contributed by atoms with Crippen LogP contribution in [0.3, 0.4) is 0 Å². The average molecular weight is 345 g/mol. The Bertz CT molecular complexity index is 782. The number of nitrogens with zero attached hydrogens (tertiary/aromatic N) is 2. The first-order valence-corrected chi connectivity index (χ1v) is 9.76. The Kier molecular flexibility index (Phi) is 5.16. The highest BCUT2D eigenvalue weighted by molar-refractivity contribution is 7.89. The van der Waals surface area contributed by atoms with Crippen LogP contribution in [0, 0.1) is 6.92 Å². The Hall–Kier alpha value is -1.92. The lowest BCUT2D eigenvalue weighted by Crippen LogP contribution is -2.27. The minimum Gasteiger partial charge on any atom is -0.370 e. The van der Waals surface area contributed by atoms with Gasteiger partial charge in [-0.25, -0.2) is 13.4 Å². The summed E-state index contributed by atoms with van der Waals surface area (Å²) < 4.78 is 26.4. The molecule has 128 valence electrons. The van der Waals surface area contributed by atoms with Crippen LogP contribution in [0.1, 0.15) is 24.0 Å². The Labute approximate surface area is 143 Å². The fraction of sp³-hybridized carbons (Fsp3) is 0.389. The second-order valence-corrected chi connectivity index (χ2v) is 8.03. The SMILES string of the molecule is Cc1ccccc1CCNc1ccc(S(=O)(=O)N2CCCC2)cn1. The molecule has 6 heteroatoms. The summed E-state index contributed by atoms with van der Waals surface area (Å²) in [6.07, 6.45) is 4.22. The Balaban J connectivity index is 1.59. The molecule has 1 aliphatic rings. The van der Waals surface area contributed by atoms with Gasteiger partial charge in [0.2, 0.25) is 10.0 Å². The molecule has 24 heavy (non-hydrogen) atoms. The van der Waals surface area contributed by atoms with Gasteiger partial charge in [-0.1, -0.05) is 24.3 Å². The van der Waals surface area contributed by atoms with Crippen molar-refractivity contribution in [1.82, 2.24) is 9.29 Å². The van der Waals surface area contributed by atoms with Crippen LogP contribution in [0.5, 0.6) is 0 Å². The third kappa shape index (κ3) is 3.76. The Morgan fingerprint density at radius 2 is 1.88 bits per heavy atom. The van der Waals surface area contributed by atoms with Crippen molar-refractivity contribution < 1.29 is 8.42 Å². The Morgan fingerprint density at radius 3 is 2.54 bits per heavy atom. The molecule has 1 fully saturated rings. The van der Waals surface area contributed by atoms with Crippen LogP contribution < -0.4 is 5.32 Å². The first kappa shape index (κ1) is 16.9. The number of anilines is 1. The summed E-state index contributed by atoms with van der Waals surface area (Å²) in [5.74, 6) is 0.698. The second kappa shape index (κ2) is 7.32. The van der Waals surface area contributed by atoms with Crippen molar-refractivity contribution in [2.24, 2.45) is 0 Å². The van der Waals surface area contributed by atoms with E-state index in [2.05, 4.69) is 29.4 Å². The molecule has 1 aromatic heterocycles. The molecule has 0 atom stereocenters. The number of nitrogens with one attached hydrogen (secondary N) is 1. The van der Waals surface area contributed by atoms with Crippen LogP contribution in [-0.2, 0) is 16.4 Å². The smallest absolute Gasteiger partial charge is 0.244 e. The van der Waals surface area contributed by atoms with Crippen molar-refractivity contribution in [2.75, 3.05) is 25.0 Å². The van der Waals surface area contributed by atoms with Gasteiger partial charge in [-0.3, -0.25) is 0 Å². The minimum atomic E-state index is -3.38. The zero-order chi connectivity index (χ0) is 17.0. The molecule has 1 saturated heterocycles. The van der Waals surface area contributed by atoms with Gasteiger partial charge >= 0.3 is 0 Å². The molecule has 1 aromatic carbocycles. The standard InChI is InChI=1S/C18H23N3O2S/c1-15-6-2-3-7-16(15)10-11-19-18-9-8-17(14-20-18)24(22,23)21-12-4-5-13-21/h2-3,6-9,14H,4-5,10-13H2,1H3,(H,19,20). The van der Waals surface area contributed by atoms with E-state index in [0.717, 1.165) is 25.8 Å². The number of sulfonamides is 1. The van der Waals surface area contributed by atoms with E-state index in [9.17, 15) is 8.42 Å². The zero-order valence-corrected chi connectivity index (χ0v) is 14.7. The number of hydrogen-bond acceptors (Lipinski definition) is 4. The molecule has 1 aliphatic heterocycles. The van der Waals surface area contributed by atoms with Crippen LogP contribution in [-0.4, -0.2) is 37.3 Å². The molecule has 2 heterocycles. The highest BCUT2D eigenvalue weighted by atomic mass is 32.2. The van der Waals surface area contributed by atoms with Crippen LogP contribution in [0.15, 0.2) is 47.5 Å². The number of rotatable bonds is 6. The molecule has 2 aromatic rings. The predicted octanol–water partition coefficient (Wildman–Crippen LogP) is 2.83. The molecule has 0 radical (unpaired) electrons. The summed E-state index contributed by atoms with van der Waals surface area (Å²) >= 11 is 0. The molecule has 0 bridgehead atoms. The van der Waals surface area contributed by atoms with Gasteiger partial charge < -0.3 is 5.32 Å². The van der Waals surface area contributed by atoms with E-state index in [0.29, 0.717) is 18.9 Å². The largest absolute Gasteiger partial charge is 0.370 e. The number of benzene rings is 1. The van der Waals surface area contributed by atoms with Crippen LogP contribution >= 0.6 is 0 Å². The van der Waals surface area contributed by atoms with E-state index in [1.807, 2.05) is 12.1 Å². The van der Waals surface area contributed by atoms with Crippen molar-refractivity contribution in [3.8, 4) is 0 Å². The zero-order valence-electron chi connectivity index (χ0n) is 13.9. The monoisotopic (exact) mass is 345 g/mol. The maximum atomic E-state index is 12.4. The van der Waals surface area contributed by atoms with Crippen molar-refractivity contribution >= 4 is 15.8 Å². The topological polar surface area (TPSA) is 62.3 Å². The van der Waals surface area contributed by atoms with Crippen LogP contribution in [0.25, 0.3) is 0 Å². The van der Waals surface area contributed by atoms with E-state index in [-0.39, 0.29) is 4.90 Å². The fourth-order valence-corrected chi connectivity index (χ4v) is 4.39. The molecule has 0 spiro atoms. The van der Waals surface area contributed by atoms with Crippen molar-refractivity contribution in [3.05, 3.63) is 53.7 Å². The molecular formula is C18H23N3O2S. The third-order valence-corrected chi connectivity index (χ3v) is 6.28. The third-order valence-electron chi connectivity index (χ3n) is 4.40. The lowest BCUT2D eigenvalue weighted by Gasteiger charge is -2.15. The predicted molar refractivity (Wildman–Crippen MR) is 95.6 cm³/mol. The molecule has 5 nitrogen and oxygen atoms in total. The molecular weight excluding hydrogens is 322 g/mol. The maximum absolute atomic E-state index is 12.4. The quantitative estimate of drug-likeness (QED) is 0.874. The summed E-state index contributed by atoms with van der Waals surface area (Å²) in [6.45, 7) is 4.08. The number of hydrogen-bond donors (Lipinski definition) is 1. The van der Waals surface area contributed by atoms with Gasteiger partial charge in [0.25, 0.3) is 0 Å². The molecule has 0 aliphatic carbocycles. The van der Waals surface area contributed by atoms with Gasteiger partial charge in [0.05, 0.1) is 0 Å². The van der Waals surface area contributed by atoms with E-state index in [1.165, 1.54) is 21.6 Å². The van der Waals surface area contributed by atoms with Gasteiger partial charge in [-0.05, 0) is 49.4 Å². The summed E-state index contributed by atoms with van der Waals surface area (Å²) in [6, 6.07) is 11.7. The summed E-state index contributed by atoms with van der Waals surface area (Å²) in [5, 5.41) is 3.25. The normalized spacial score (nSPS) is 15.5. The minimum absolute atomic E-state index is 0.272. The highest BCUT2D eigenvalue weighted by Crippen LogP contribution is 2.20. The number of pyridine rings is 1. The highest BCUT2D eigenvalue weighted by Gasteiger charge is 2.27. The molecule has 0 saturated carbocycles. The van der Waals surface area contributed by atoms with Crippen molar-refractivity contribution in [3.63, 3.8) is 0 Å². The molecule has 0 amide bonds. The van der Waals surface area contributed by atoms with Gasteiger partial charge in [0.1, 0.15) is 10.7 Å². The van der Waals surface area contributed by atoms with E-state index < -0.39 is 10.0 Å². The van der Waals surface area contributed by atoms with Crippen molar-refractivity contribution in [2.45, 2.75) is 31.1 Å². The Morgan fingerprint density at radius 1 is 1.12 bits per heavy atom. The van der Waals surface area contributed by atoms with E-state index in [4.69, 9.17) is 0 Å². The van der Waals surface area contributed by atoms with Gasteiger partial charge in [-0.15, -0.1) is 0 Å². The summed E-state index contributed by atoms with van der Waals surface area (Å²) in [7, 11) is -3.38.